The first-order valence-corrected chi connectivity index (χ1v) is 7.93. The Morgan fingerprint density at radius 2 is 2.29 bits per heavy atom. The number of aromatic nitrogens is 3. The molecule has 2 atom stereocenters. The molecule has 1 saturated heterocycles. The Morgan fingerprint density at radius 3 is 2.92 bits per heavy atom. The number of aliphatic hydroxyl groups is 1. The van der Waals surface area contributed by atoms with Gasteiger partial charge in [0.2, 0.25) is 0 Å². The van der Waals surface area contributed by atoms with E-state index in [0.717, 1.165) is 12.8 Å². The van der Waals surface area contributed by atoms with E-state index in [9.17, 15) is 8.78 Å². The molecule has 6 nitrogen and oxygen atoms in total. The minimum atomic E-state index is -2.70. The van der Waals surface area contributed by atoms with E-state index in [-0.39, 0.29) is 18.8 Å². The fourth-order valence-electron chi connectivity index (χ4n) is 2.63. The molecule has 2 aromatic rings. The van der Waals surface area contributed by atoms with E-state index in [2.05, 4.69) is 15.4 Å². The maximum atomic E-state index is 12.7. The summed E-state index contributed by atoms with van der Waals surface area (Å²) in [6.45, 7) is -2.25. The standard InChI is InChI=1S/C15H17ClF2N4O2/c16-14-5-13(20-9-1-2-10(7-23)24-8-9)11(6-19-14)12-3-4-22(21-12)15(17)18/h3-6,9-10,15,23H,1-2,7-8H2,(H,19,20)/t9-,10+/m0/s1. The average Bonchev–Trinajstić information content (AvgIpc) is 3.06. The van der Waals surface area contributed by atoms with E-state index < -0.39 is 6.55 Å². The number of hydrogen-bond acceptors (Lipinski definition) is 5. The summed E-state index contributed by atoms with van der Waals surface area (Å²) in [6, 6.07) is 3.17. The van der Waals surface area contributed by atoms with Crippen molar-refractivity contribution in [1.29, 1.82) is 0 Å². The Balaban J connectivity index is 1.80. The van der Waals surface area contributed by atoms with Crippen LogP contribution in [0.15, 0.2) is 24.5 Å². The maximum Gasteiger partial charge on any atom is 0.333 e. The number of anilines is 1. The monoisotopic (exact) mass is 358 g/mol. The van der Waals surface area contributed by atoms with Crippen molar-refractivity contribution in [3.8, 4) is 11.3 Å². The van der Waals surface area contributed by atoms with Crippen LogP contribution >= 0.6 is 11.6 Å². The van der Waals surface area contributed by atoms with Gasteiger partial charge in [-0.2, -0.15) is 13.9 Å². The van der Waals surface area contributed by atoms with Crippen molar-refractivity contribution in [3.63, 3.8) is 0 Å². The molecule has 0 bridgehead atoms. The molecular weight excluding hydrogens is 342 g/mol. The predicted molar refractivity (Wildman–Crippen MR) is 85.2 cm³/mol. The summed E-state index contributed by atoms with van der Waals surface area (Å²) in [5.74, 6) is 0. The molecule has 2 N–H and O–H groups in total. The fourth-order valence-corrected chi connectivity index (χ4v) is 2.79. The first kappa shape index (κ1) is 17.1. The van der Waals surface area contributed by atoms with Crippen LogP contribution in [0.1, 0.15) is 19.4 Å². The molecular formula is C15H17ClF2N4O2. The number of ether oxygens (including phenoxy) is 1. The van der Waals surface area contributed by atoms with Gasteiger partial charge >= 0.3 is 6.55 Å². The molecule has 0 spiro atoms. The largest absolute Gasteiger partial charge is 0.394 e. The summed E-state index contributed by atoms with van der Waals surface area (Å²) in [6.07, 6.45) is 4.14. The van der Waals surface area contributed by atoms with Gasteiger partial charge in [0.1, 0.15) is 5.15 Å². The lowest BCUT2D eigenvalue weighted by Gasteiger charge is -2.29. The maximum absolute atomic E-state index is 12.7. The average molecular weight is 359 g/mol. The number of nitrogens with one attached hydrogen (secondary N) is 1. The van der Waals surface area contributed by atoms with Crippen molar-refractivity contribution in [2.45, 2.75) is 31.5 Å². The summed E-state index contributed by atoms with van der Waals surface area (Å²) in [5.41, 5.74) is 1.63. The van der Waals surface area contributed by atoms with Gasteiger partial charge < -0.3 is 15.2 Å². The van der Waals surface area contributed by atoms with Gasteiger partial charge in [-0.05, 0) is 25.0 Å². The van der Waals surface area contributed by atoms with E-state index in [1.807, 2.05) is 0 Å². The molecule has 0 aromatic carbocycles. The van der Waals surface area contributed by atoms with Crippen molar-refractivity contribution in [3.05, 3.63) is 29.7 Å². The summed E-state index contributed by atoms with van der Waals surface area (Å²) in [7, 11) is 0. The van der Waals surface area contributed by atoms with Gasteiger partial charge in [0.05, 0.1) is 25.0 Å². The second kappa shape index (κ2) is 7.42. The van der Waals surface area contributed by atoms with Gasteiger partial charge in [0.15, 0.2) is 0 Å². The molecule has 0 radical (unpaired) electrons. The van der Waals surface area contributed by atoms with Crippen molar-refractivity contribution < 1.29 is 18.6 Å². The molecule has 1 aliphatic heterocycles. The minimum absolute atomic E-state index is 0.00409. The molecule has 0 unspecified atom stereocenters. The lowest BCUT2D eigenvalue weighted by molar-refractivity contribution is -0.0223. The van der Waals surface area contributed by atoms with Crippen LogP contribution in [0.2, 0.25) is 5.15 Å². The van der Waals surface area contributed by atoms with Crippen molar-refractivity contribution in [2.75, 3.05) is 18.5 Å². The number of alkyl halides is 2. The minimum Gasteiger partial charge on any atom is -0.394 e. The van der Waals surface area contributed by atoms with Crippen LogP contribution in [0, 0.1) is 0 Å². The Kier molecular flexibility index (Phi) is 5.27. The van der Waals surface area contributed by atoms with Gasteiger partial charge in [-0.1, -0.05) is 11.6 Å². The van der Waals surface area contributed by atoms with Gasteiger partial charge in [-0.25, -0.2) is 9.67 Å². The topological polar surface area (TPSA) is 72.2 Å². The van der Waals surface area contributed by atoms with Crippen LogP contribution in [-0.4, -0.2) is 45.2 Å². The Hall–Kier alpha value is -1.77. The summed E-state index contributed by atoms with van der Waals surface area (Å²) >= 11 is 5.96. The number of aliphatic hydroxyl groups excluding tert-OH is 1. The van der Waals surface area contributed by atoms with E-state index in [1.165, 1.54) is 18.5 Å². The van der Waals surface area contributed by atoms with Gasteiger partial charge in [-0.3, -0.25) is 0 Å². The van der Waals surface area contributed by atoms with E-state index in [1.54, 1.807) is 6.07 Å². The highest BCUT2D eigenvalue weighted by atomic mass is 35.5. The first-order chi connectivity index (χ1) is 11.6. The van der Waals surface area contributed by atoms with Crippen molar-refractivity contribution >= 4 is 17.3 Å². The predicted octanol–water partition coefficient (Wildman–Crippen LogP) is 2.95. The lowest BCUT2D eigenvalue weighted by atomic mass is 10.0. The lowest BCUT2D eigenvalue weighted by Crippen LogP contribution is -2.36. The molecule has 130 valence electrons. The van der Waals surface area contributed by atoms with Crippen molar-refractivity contribution in [1.82, 2.24) is 14.8 Å². The van der Waals surface area contributed by atoms with Crippen LogP contribution in [0.4, 0.5) is 14.5 Å². The zero-order chi connectivity index (χ0) is 17.1. The highest BCUT2D eigenvalue weighted by molar-refractivity contribution is 6.29. The van der Waals surface area contributed by atoms with Gasteiger partial charge in [0, 0.05) is 29.7 Å². The number of nitrogens with zero attached hydrogens (tertiary/aromatic N) is 3. The Bertz CT molecular complexity index is 690. The number of rotatable bonds is 5. The van der Waals surface area contributed by atoms with E-state index >= 15 is 0 Å². The van der Waals surface area contributed by atoms with Gasteiger partial charge in [0.25, 0.3) is 0 Å². The third-order valence-electron chi connectivity index (χ3n) is 3.89. The van der Waals surface area contributed by atoms with E-state index in [0.29, 0.717) is 33.4 Å². The highest BCUT2D eigenvalue weighted by Crippen LogP contribution is 2.30. The molecule has 0 aliphatic carbocycles. The molecule has 3 rings (SSSR count). The fraction of sp³-hybridized carbons (Fsp3) is 0.467. The van der Waals surface area contributed by atoms with Crippen LogP contribution in [0.25, 0.3) is 11.3 Å². The normalized spacial score (nSPS) is 21.2. The van der Waals surface area contributed by atoms with E-state index in [4.69, 9.17) is 21.4 Å². The highest BCUT2D eigenvalue weighted by Gasteiger charge is 2.22. The number of halogens is 3. The quantitative estimate of drug-likeness (QED) is 0.804. The Labute approximate surface area is 142 Å². The van der Waals surface area contributed by atoms with Crippen LogP contribution in [-0.2, 0) is 4.74 Å². The van der Waals surface area contributed by atoms with Crippen LogP contribution in [0.3, 0.4) is 0 Å². The van der Waals surface area contributed by atoms with Crippen LogP contribution in [0.5, 0.6) is 0 Å². The molecule has 1 aliphatic rings. The summed E-state index contributed by atoms with van der Waals surface area (Å²) in [5, 5.41) is 16.6. The summed E-state index contributed by atoms with van der Waals surface area (Å²) in [4.78, 5) is 4.01. The van der Waals surface area contributed by atoms with Crippen LogP contribution < -0.4 is 5.32 Å². The molecule has 9 heteroatoms. The molecule has 0 amide bonds. The number of hydrogen-bond donors (Lipinski definition) is 2. The third-order valence-corrected chi connectivity index (χ3v) is 4.10. The molecule has 2 aromatic heterocycles. The zero-order valence-electron chi connectivity index (χ0n) is 12.7. The zero-order valence-corrected chi connectivity index (χ0v) is 13.5. The second-order valence-electron chi connectivity index (χ2n) is 5.57. The molecule has 3 heterocycles. The smallest absolute Gasteiger partial charge is 0.333 e. The Morgan fingerprint density at radius 1 is 1.46 bits per heavy atom. The molecule has 24 heavy (non-hydrogen) atoms. The molecule has 1 fully saturated rings. The van der Waals surface area contributed by atoms with Gasteiger partial charge in [-0.15, -0.1) is 0 Å². The van der Waals surface area contributed by atoms with Crippen molar-refractivity contribution in [2.24, 2.45) is 0 Å². The third kappa shape index (κ3) is 3.82. The summed E-state index contributed by atoms with van der Waals surface area (Å²) < 4.78 is 31.6. The first-order valence-electron chi connectivity index (χ1n) is 7.55. The number of pyridine rings is 1. The second-order valence-corrected chi connectivity index (χ2v) is 5.96. The molecule has 0 saturated carbocycles. The SMILES string of the molecule is OC[C@H]1CC[C@H](Nc2cc(Cl)ncc2-c2ccn(C(F)F)n2)CO1.